The largest absolute Gasteiger partial charge is 0.273 e. The molecule has 0 saturated heterocycles. The molecule has 3 aromatic carbocycles. The smallest absolute Gasteiger partial charge is 0.234 e. The maximum absolute atomic E-state index is 12.7. The molecule has 1 aromatic heterocycles. The summed E-state index contributed by atoms with van der Waals surface area (Å²) in [6.45, 7) is 3.80. The number of nitrogens with one attached hydrogen (secondary N) is 1. The number of benzene rings is 3. The first-order chi connectivity index (χ1) is 16.4. The van der Waals surface area contributed by atoms with E-state index in [2.05, 4.69) is 27.1 Å². The summed E-state index contributed by atoms with van der Waals surface area (Å²) in [4.78, 5) is 0. The van der Waals surface area contributed by atoms with Gasteiger partial charge in [-0.05, 0) is 43.2 Å². The van der Waals surface area contributed by atoms with E-state index >= 15 is 0 Å². The van der Waals surface area contributed by atoms with Crippen LogP contribution in [0.1, 0.15) is 35.5 Å². The minimum absolute atomic E-state index is 0.524. The second-order valence-corrected chi connectivity index (χ2v) is 10.4. The first-order valence-electron chi connectivity index (χ1n) is 10.9. The van der Waals surface area contributed by atoms with E-state index in [0.717, 1.165) is 22.6 Å². The lowest BCUT2D eigenvalue weighted by Gasteiger charge is -2.15. The molecule has 1 atom stereocenters. The highest BCUT2D eigenvalue weighted by Crippen LogP contribution is 2.28. The zero-order valence-corrected chi connectivity index (χ0v) is 20.6. The van der Waals surface area contributed by atoms with Gasteiger partial charge in [0, 0.05) is 16.8 Å². The van der Waals surface area contributed by atoms with Crippen molar-refractivity contribution in [1.29, 1.82) is 0 Å². The second kappa shape index (κ2) is 10.8. The van der Waals surface area contributed by atoms with Crippen LogP contribution in [0.2, 0.25) is 0 Å². The van der Waals surface area contributed by atoms with E-state index < -0.39 is 16.1 Å². The Balaban J connectivity index is 1.60. The van der Waals surface area contributed by atoms with Crippen LogP contribution < -0.4 is 4.72 Å². The zero-order valence-electron chi connectivity index (χ0n) is 19.0. The van der Waals surface area contributed by atoms with Crippen molar-refractivity contribution in [3.8, 4) is 5.69 Å². The van der Waals surface area contributed by atoms with Gasteiger partial charge in [-0.2, -0.15) is 0 Å². The molecule has 1 heterocycles. The monoisotopic (exact) mass is 490 g/mol. The van der Waals surface area contributed by atoms with Gasteiger partial charge >= 0.3 is 0 Å². The number of nitrogens with zero attached hydrogens (tertiary/aromatic N) is 3. The third-order valence-corrected chi connectivity index (χ3v) is 7.31. The maximum atomic E-state index is 12.7. The van der Waals surface area contributed by atoms with Crippen molar-refractivity contribution < 1.29 is 8.42 Å². The van der Waals surface area contributed by atoms with E-state index in [0.29, 0.717) is 11.0 Å². The van der Waals surface area contributed by atoms with Gasteiger partial charge in [-0.1, -0.05) is 90.1 Å². The summed E-state index contributed by atoms with van der Waals surface area (Å²) in [6, 6.07) is 26.9. The van der Waals surface area contributed by atoms with Gasteiger partial charge in [0.1, 0.15) is 0 Å². The molecule has 0 saturated carbocycles. The molecule has 0 aliphatic carbocycles. The number of hydrogen-bond donors (Lipinski definition) is 1. The number of sulfonamides is 1. The second-order valence-electron chi connectivity index (χ2n) is 7.88. The average molecular weight is 491 g/mol. The van der Waals surface area contributed by atoms with Crippen molar-refractivity contribution in [3.05, 3.63) is 113 Å². The van der Waals surface area contributed by atoms with Crippen molar-refractivity contribution in [2.45, 2.75) is 30.8 Å². The summed E-state index contributed by atoms with van der Waals surface area (Å²) in [6.07, 6.45) is 1.57. The Morgan fingerprint density at radius 3 is 2.26 bits per heavy atom. The molecule has 0 amide bonds. The average Bonchev–Trinajstić information content (AvgIpc) is 3.27. The SMILES string of the molecule is Cc1ccc(-n2c(SCc3ccccc3)nnc2C(C)NS(=O)(=O)C=Cc2ccccc2)cc1. The standard InChI is InChI=1S/C26H26N4O2S2/c1-20-13-15-24(16-14-20)30-25(27-28-26(30)33-19-23-11-7-4-8-12-23)21(2)29-34(31,32)18-17-22-9-5-3-6-10-22/h3-18,21,29H,19H2,1-2H3. The molecule has 1 unspecified atom stereocenters. The van der Waals surface area contributed by atoms with Gasteiger partial charge < -0.3 is 0 Å². The highest BCUT2D eigenvalue weighted by molar-refractivity contribution is 7.98. The lowest BCUT2D eigenvalue weighted by Crippen LogP contribution is -2.27. The van der Waals surface area contributed by atoms with E-state index in [1.54, 1.807) is 24.8 Å². The molecule has 174 valence electrons. The first kappa shape index (κ1) is 23.9. The number of aromatic nitrogens is 3. The molecule has 0 fully saturated rings. The molecule has 4 rings (SSSR count). The predicted molar refractivity (Wildman–Crippen MR) is 138 cm³/mol. The minimum atomic E-state index is -3.70. The lowest BCUT2D eigenvalue weighted by molar-refractivity contribution is 0.564. The van der Waals surface area contributed by atoms with E-state index in [1.807, 2.05) is 84.3 Å². The molecule has 4 aromatic rings. The van der Waals surface area contributed by atoms with Gasteiger partial charge in [-0.3, -0.25) is 4.57 Å². The molecule has 0 aliphatic rings. The molecule has 0 aliphatic heterocycles. The van der Waals surface area contributed by atoms with E-state index in [1.165, 1.54) is 11.0 Å². The number of rotatable bonds is 9. The van der Waals surface area contributed by atoms with Crippen LogP contribution in [0.25, 0.3) is 11.8 Å². The quantitative estimate of drug-likeness (QED) is 0.313. The fraction of sp³-hybridized carbons (Fsp3) is 0.154. The topological polar surface area (TPSA) is 76.9 Å². The Morgan fingerprint density at radius 1 is 0.941 bits per heavy atom. The molecular formula is C26H26N4O2S2. The van der Waals surface area contributed by atoms with Crippen LogP contribution in [-0.2, 0) is 15.8 Å². The molecular weight excluding hydrogens is 464 g/mol. The van der Waals surface area contributed by atoms with Crippen LogP contribution >= 0.6 is 11.8 Å². The Morgan fingerprint density at radius 2 is 1.59 bits per heavy atom. The highest BCUT2D eigenvalue weighted by atomic mass is 32.2. The van der Waals surface area contributed by atoms with Gasteiger partial charge in [0.15, 0.2) is 11.0 Å². The van der Waals surface area contributed by atoms with Crippen LogP contribution in [0, 0.1) is 6.92 Å². The van der Waals surface area contributed by atoms with Crippen molar-refractivity contribution in [2.75, 3.05) is 0 Å². The van der Waals surface area contributed by atoms with Crippen molar-refractivity contribution in [1.82, 2.24) is 19.5 Å². The molecule has 6 nitrogen and oxygen atoms in total. The maximum Gasteiger partial charge on any atom is 0.234 e. The van der Waals surface area contributed by atoms with Crippen LogP contribution in [0.3, 0.4) is 0 Å². The van der Waals surface area contributed by atoms with Crippen molar-refractivity contribution >= 4 is 27.9 Å². The lowest BCUT2D eigenvalue weighted by atomic mass is 10.2. The van der Waals surface area contributed by atoms with Crippen molar-refractivity contribution in [3.63, 3.8) is 0 Å². The summed E-state index contributed by atoms with van der Waals surface area (Å²) in [5.41, 5.74) is 4.00. The summed E-state index contributed by atoms with van der Waals surface area (Å²) in [5.74, 6) is 1.25. The Labute approximate surface area is 204 Å². The molecule has 1 N–H and O–H groups in total. The molecule has 8 heteroatoms. The predicted octanol–water partition coefficient (Wildman–Crippen LogP) is 5.52. The van der Waals surface area contributed by atoms with Gasteiger partial charge in [-0.15, -0.1) is 10.2 Å². The number of aryl methyl sites for hydroxylation is 1. The number of thioether (sulfide) groups is 1. The molecule has 0 spiro atoms. The van der Waals surface area contributed by atoms with Gasteiger partial charge in [0.2, 0.25) is 10.0 Å². The third kappa shape index (κ3) is 6.22. The van der Waals surface area contributed by atoms with Crippen LogP contribution in [0.15, 0.2) is 95.5 Å². The van der Waals surface area contributed by atoms with E-state index in [4.69, 9.17) is 0 Å². The molecule has 0 bridgehead atoms. The van der Waals surface area contributed by atoms with Gasteiger partial charge in [0.25, 0.3) is 0 Å². The van der Waals surface area contributed by atoms with E-state index in [9.17, 15) is 8.42 Å². The minimum Gasteiger partial charge on any atom is -0.273 e. The van der Waals surface area contributed by atoms with Gasteiger partial charge in [-0.25, -0.2) is 13.1 Å². The Hall–Kier alpha value is -3.20. The van der Waals surface area contributed by atoms with Crippen molar-refractivity contribution in [2.24, 2.45) is 0 Å². The summed E-state index contributed by atoms with van der Waals surface area (Å²) in [7, 11) is -3.70. The Kier molecular flexibility index (Phi) is 7.62. The number of hydrogen-bond acceptors (Lipinski definition) is 5. The summed E-state index contributed by atoms with van der Waals surface area (Å²) >= 11 is 1.56. The van der Waals surface area contributed by atoms with Gasteiger partial charge in [0.05, 0.1) is 6.04 Å². The first-order valence-corrected chi connectivity index (χ1v) is 13.4. The fourth-order valence-corrected chi connectivity index (χ4v) is 5.31. The van der Waals surface area contributed by atoms with Crippen LogP contribution in [0.5, 0.6) is 0 Å². The molecule has 34 heavy (non-hydrogen) atoms. The summed E-state index contributed by atoms with van der Waals surface area (Å²) in [5, 5.41) is 10.6. The highest BCUT2D eigenvalue weighted by Gasteiger charge is 2.22. The third-order valence-electron chi connectivity index (χ3n) is 5.13. The summed E-state index contributed by atoms with van der Waals surface area (Å²) < 4.78 is 30.1. The van der Waals surface area contributed by atoms with Crippen LogP contribution in [-0.4, -0.2) is 23.2 Å². The fourth-order valence-electron chi connectivity index (χ4n) is 3.38. The normalized spacial score (nSPS) is 12.8. The molecule has 0 radical (unpaired) electrons. The van der Waals surface area contributed by atoms with E-state index in [-0.39, 0.29) is 0 Å². The zero-order chi connectivity index (χ0) is 24.0. The van der Waals surface area contributed by atoms with Crippen LogP contribution in [0.4, 0.5) is 0 Å². The Bertz CT molecular complexity index is 1350.